The summed E-state index contributed by atoms with van der Waals surface area (Å²) in [5, 5.41) is 12.5. The Morgan fingerprint density at radius 2 is 1.86 bits per heavy atom. The number of halogens is 3. The lowest BCUT2D eigenvalue weighted by atomic mass is 10.1. The number of phenolic OH excluding ortho intramolecular Hbond substituents is 1. The van der Waals surface area contributed by atoms with E-state index in [0.29, 0.717) is 5.69 Å². The number of carbonyl (C=O) groups excluding carboxylic acids is 2. The van der Waals surface area contributed by atoms with Crippen molar-refractivity contribution >= 4 is 23.5 Å². The molecule has 2 N–H and O–H groups in total. The van der Waals surface area contributed by atoms with Gasteiger partial charge < -0.3 is 15.3 Å². The quantitative estimate of drug-likeness (QED) is 0.446. The number of amides is 1. The van der Waals surface area contributed by atoms with E-state index in [-0.39, 0.29) is 29.3 Å². The van der Waals surface area contributed by atoms with Crippen molar-refractivity contribution < 1.29 is 27.9 Å². The molecule has 8 heteroatoms. The van der Waals surface area contributed by atoms with E-state index >= 15 is 0 Å². The molecule has 0 aliphatic rings. The lowest BCUT2D eigenvalue weighted by Gasteiger charge is -2.11. The van der Waals surface area contributed by atoms with Crippen molar-refractivity contribution in [3.63, 3.8) is 0 Å². The average molecular weight is 392 g/mol. The van der Waals surface area contributed by atoms with Gasteiger partial charge in [-0.25, -0.2) is 0 Å². The fraction of sp³-hybridized carbons (Fsp3) is 0.200. The number of hydrogen-bond acceptors (Lipinski definition) is 4. The SMILES string of the molecule is CN(C)CC(=O)Nc1ccc(O)c(C(=O)C=Cc2cccc(C(F)(F)F)c2)c1. The topological polar surface area (TPSA) is 69.6 Å². The zero-order valence-electron chi connectivity index (χ0n) is 15.2. The highest BCUT2D eigenvalue weighted by Gasteiger charge is 2.30. The highest BCUT2D eigenvalue weighted by Crippen LogP contribution is 2.30. The van der Waals surface area contributed by atoms with Gasteiger partial charge in [0, 0.05) is 5.69 Å². The number of anilines is 1. The van der Waals surface area contributed by atoms with Crippen LogP contribution in [-0.2, 0) is 11.0 Å². The second kappa shape index (κ2) is 8.71. The first-order valence-corrected chi connectivity index (χ1v) is 8.23. The molecule has 148 valence electrons. The molecular formula is C20H19F3N2O3. The molecule has 0 saturated carbocycles. The highest BCUT2D eigenvalue weighted by atomic mass is 19.4. The van der Waals surface area contributed by atoms with Crippen LogP contribution in [0.1, 0.15) is 21.5 Å². The van der Waals surface area contributed by atoms with Crippen LogP contribution in [0.2, 0.25) is 0 Å². The summed E-state index contributed by atoms with van der Waals surface area (Å²) in [7, 11) is 3.45. The van der Waals surface area contributed by atoms with Gasteiger partial charge in [-0.2, -0.15) is 13.2 Å². The van der Waals surface area contributed by atoms with E-state index in [9.17, 15) is 27.9 Å². The predicted octanol–water partition coefficient (Wildman–Crippen LogP) is 3.81. The third-order valence-electron chi connectivity index (χ3n) is 3.65. The van der Waals surface area contributed by atoms with E-state index in [0.717, 1.165) is 18.2 Å². The van der Waals surface area contributed by atoms with Crippen molar-refractivity contribution in [1.29, 1.82) is 0 Å². The van der Waals surface area contributed by atoms with Crippen LogP contribution in [-0.4, -0.2) is 42.3 Å². The maximum absolute atomic E-state index is 12.8. The molecule has 0 fully saturated rings. The fourth-order valence-electron chi connectivity index (χ4n) is 2.38. The van der Waals surface area contributed by atoms with E-state index < -0.39 is 17.5 Å². The number of likely N-dealkylation sites (N-methyl/N-ethyl adjacent to an activating group) is 1. The molecule has 1 amide bonds. The number of hydrogen-bond donors (Lipinski definition) is 2. The lowest BCUT2D eigenvalue weighted by Crippen LogP contribution is -2.27. The van der Waals surface area contributed by atoms with Gasteiger partial charge in [-0.05, 0) is 56.1 Å². The summed E-state index contributed by atoms with van der Waals surface area (Å²) < 4.78 is 38.3. The molecule has 2 aromatic rings. The van der Waals surface area contributed by atoms with Gasteiger partial charge >= 0.3 is 6.18 Å². The highest BCUT2D eigenvalue weighted by molar-refractivity contribution is 6.09. The predicted molar refractivity (Wildman–Crippen MR) is 100 cm³/mol. The number of carbonyl (C=O) groups is 2. The standard InChI is InChI=1S/C20H19F3N2O3/c1-25(2)12-19(28)24-15-7-9-18(27)16(11-15)17(26)8-6-13-4-3-5-14(10-13)20(21,22)23/h3-11,27H,12H2,1-2H3,(H,24,28). The van der Waals surface area contributed by atoms with Crippen molar-refractivity contribution in [1.82, 2.24) is 4.90 Å². The van der Waals surface area contributed by atoms with Crippen LogP contribution in [0.25, 0.3) is 6.08 Å². The van der Waals surface area contributed by atoms with Gasteiger partial charge in [0.1, 0.15) is 5.75 Å². The monoisotopic (exact) mass is 392 g/mol. The molecule has 2 rings (SSSR count). The van der Waals surface area contributed by atoms with E-state index in [1.807, 2.05) is 0 Å². The summed E-state index contributed by atoms with van der Waals surface area (Å²) in [5.41, 5.74) is -0.389. The molecule has 0 atom stereocenters. The number of rotatable bonds is 6. The van der Waals surface area contributed by atoms with Gasteiger partial charge in [0.05, 0.1) is 17.7 Å². The van der Waals surface area contributed by atoms with Crippen LogP contribution in [0.15, 0.2) is 48.5 Å². The van der Waals surface area contributed by atoms with E-state index in [1.54, 1.807) is 19.0 Å². The van der Waals surface area contributed by atoms with E-state index in [4.69, 9.17) is 0 Å². The van der Waals surface area contributed by atoms with Gasteiger partial charge in [0.25, 0.3) is 0 Å². The summed E-state index contributed by atoms with van der Waals surface area (Å²) in [6, 6.07) is 8.53. The minimum atomic E-state index is -4.48. The molecule has 0 saturated heterocycles. The van der Waals surface area contributed by atoms with Gasteiger partial charge in [-0.15, -0.1) is 0 Å². The first-order chi connectivity index (χ1) is 13.1. The van der Waals surface area contributed by atoms with Crippen molar-refractivity contribution in [2.75, 3.05) is 26.0 Å². The maximum Gasteiger partial charge on any atom is 0.416 e. The third kappa shape index (κ3) is 5.95. The largest absolute Gasteiger partial charge is 0.507 e. The van der Waals surface area contributed by atoms with Crippen molar-refractivity contribution in [3.05, 3.63) is 65.2 Å². The summed E-state index contributed by atoms with van der Waals surface area (Å²) in [5.74, 6) is -1.21. The number of ketones is 1. The maximum atomic E-state index is 12.8. The smallest absolute Gasteiger partial charge is 0.416 e. The third-order valence-corrected chi connectivity index (χ3v) is 3.65. The fourth-order valence-corrected chi connectivity index (χ4v) is 2.38. The first kappa shape index (κ1) is 21.2. The molecular weight excluding hydrogens is 373 g/mol. The number of alkyl halides is 3. The number of aromatic hydroxyl groups is 1. The zero-order valence-corrected chi connectivity index (χ0v) is 15.2. The van der Waals surface area contributed by atoms with Crippen LogP contribution >= 0.6 is 0 Å². The minimum absolute atomic E-state index is 0.0779. The Balaban J connectivity index is 2.19. The summed E-state index contributed by atoms with van der Waals surface area (Å²) in [6.07, 6.45) is -2.19. The Morgan fingerprint density at radius 1 is 1.14 bits per heavy atom. The van der Waals surface area contributed by atoms with Crippen LogP contribution in [0, 0.1) is 0 Å². The van der Waals surface area contributed by atoms with Crippen molar-refractivity contribution in [2.24, 2.45) is 0 Å². The number of benzene rings is 2. The Labute approximate surface area is 160 Å². The molecule has 28 heavy (non-hydrogen) atoms. The van der Waals surface area contributed by atoms with Gasteiger partial charge in [-0.1, -0.05) is 18.2 Å². The number of nitrogens with zero attached hydrogens (tertiary/aromatic N) is 1. The van der Waals surface area contributed by atoms with Crippen LogP contribution in [0.5, 0.6) is 5.75 Å². The first-order valence-electron chi connectivity index (χ1n) is 8.23. The van der Waals surface area contributed by atoms with Gasteiger partial charge in [0.2, 0.25) is 5.91 Å². The molecule has 0 bridgehead atoms. The van der Waals surface area contributed by atoms with Crippen LogP contribution in [0.4, 0.5) is 18.9 Å². The zero-order chi connectivity index (χ0) is 20.9. The normalized spacial score (nSPS) is 11.8. The number of phenols is 1. The molecule has 0 spiro atoms. The number of allylic oxidation sites excluding steroid dienone is 1. The van der Waals surface area contributed by atoms with Crippen LogP contribution in [0.3, 0.4) is 0 Å². The Kier molecular flexibility index (Phi) is 6.58. The molecule has 0 radical (unpaired) electrons. The molecule has 0 aliphatic carbocycles. The molecule has 0 heterocycles. The second-order valence-corrected chi connectivity index (χ2v) is 6.34. The summed E-state index contributed by atoms with van der Waals surface area (Å²) in [4.78, 5) is 25.8. The van der Waals surface area contributed by atoms with E-state index in [1.165, 1.54) is 36.4 Å². The van der Waals surface area contributed by atoms with Crippen LogP contribution < -0.4 is 5.32 Å². The molecule has 2 aromatic carbocycles. The molecule has 0 unspecified atom stereocenters. The van der Waals surface area contributed by atoms with Crippen molar-refractivity contribution in [3.8, 4) is 5.75 Å². The lowest BCUT2D eigenvalue weighted by molar-refractivity contribution is -0.137. The number of nitrogens with one attached hydrogen (secondary N) is 1. The molecule has 0 aliphatic heterocycles. The average Bonchev–Trinajstić information content (AvgIpc) is 2.60. The van der Waals surface area contributed by atoms with Crippen molar-refractivity contribution in [2.45, 2.75) is 6.18 Å². The Bertz CT molecular complexity index is 906. The van der Waals surface area contributed by atoms with Gasteiger partial charge in [-0.3, -0.25) is 9.59 Å². The summed E-state index contributed by atoms with van der Waals surface area (Å²) in [6.45, 7) is 0.138. The Hall–Kier alpha value is -3.13. The van der Waals surface area contributed by atoms with E-state index in [2.05, 4.69) is 5.32 Å². The Morgan fingerprint density at radius 3 is 2.50 bits per heavy atom. The minimum Gasteiger partial charge on any atom is -0.507 e. The molecule has 0 aromatic heterocycles. The van der Waals surface area contributed by atoms with Gasteiger partial charge in [0.15, 0.2) is 5.78 Å². The summed E-state index contributed by atoms with van der Waals surface area (Å²) >= 11 is 0. The second-order valence-electron chi connectivity index (χ2n) is 6.34. The molecule has 5 nitrogen and oxygen atoms in total.